The summed E-state index contributed by atoms with van der Waals surface area (Å²) in [5.74, 6) is 0.595. The number of hydrogen-bond acceptors (Lipinski definition) is 3. The molecule has 1 aromatic carbocycles. The maximum absolute atomic E-state index is 12.8. The van der Waals surface area contributed by atoms with Gasteiger partial charge in [0.25, 0.3) is 0 Å². The fourth-order valence-corrected chi connectivity index (χ4v) is 3.48. The number of nitrogens with one attached hydrogen (secondary N) is 1. The zero-order chi connectivity index (χ0) is 17.7. The molecule has 0 aromatic heterocycles. The summed E-state index contributed by atoms with van der Waals surface area (Å²) in [6.07, 6.45) is 2.11. The van der Waals surface area contributed by atoms with Gasteiger partial charge in [-0.1, -0.05) is 31.2 Å². The van der Waals surface area contributed by atoms with Crippen molar-refractivity contribution in [2.24, 2.45) is 17.4 Å². The molecule has 7 heteroatoms. The van der Waals surface area contributed by atoms with E-state index in [1.807, 2.05) is 36.1 Å². The highest BCUT2D eigenvalue weighted by Gasteiger charge is 2.30. The van der Waals surface area contributed by atoms with Crippen LogP contribution < -0.4 is 16.8 Å². The Morgan fingerprint density at radius 3 is 2.64 bits per heavy atom. The number of carbonyl (C=O) groups excluding carboxylic acids is 2. The van der Waals surface area contributed by atoms with Crippen LogP contribution in [0.5, 0.6) is 0 Å². The van der Waals surface area contributed by atoms with E-state index in [-0.39, 0.29) is 30.8 Å². The second kappa shape index (κ2) is 9.63. The minimum atomic E-state index is -0.626. The van der Waals surface area contributed by atoms with Crippen LogP contribution >= 0.6 is 12.4 Å². The summed E-state index contributed by atoms with van der Waals surface area (Å²) in [5.41, 5.74) is 13.1. The average molecular weight is 369 g/mol. The first kappa shape index (κ1) is 21.3. The standard InChI is InChI=1S/C18H28N4O2.ClH/c1-12-7-8-22(14(9-12)11-19)17(23)10-16(21-18(20)24)15-6-4-3-5-13(15)2;/h3-6,12,14,16H,7-11,19H2,1-2H3,(H3,20,21,24);1H. The Hall–Kier alpha value is -1.79. The van der Waals surface area contributed by atoms with E-state index in [1.165, 1.54) is 0 Å². The molecule has 0 spiro atoms. The number of primary amides is 1. The van der Waals surface area contributed by atoms with Gasteiger partial charge in [-0.05, 0) is 36.8 Å². The number of amides is 3. The molecule has 140 valence electrons. The Kier molecular flexibility index (Phi) is 8.19. The molecule has 6 nitrogen and oxygen atoms in total. The molecule has 0 bridgehead atoms. The van der Waals surface area contributed by atoms with Crippen LogP contribution in [0.25, 0.3) is 0 Å². The Bertz CT molecular complexity index is 596. The van der Waals surface area contributed by atoms with Crippen LogP contribution in [0.1, 0.15) is 43.4 Å². The number of nitrogens with zero attached hydrogens (tertiary/aromatic N) is 1. The average Bonchev–Trinajstić information content (AvgIpc) is 2.54. The largest absolute Gasteiger partial charge is 0.352 e. The van der Waals surface area contributed by atoms with Crippen molar-refractivity contribution < 1.29 is 9.59 Å². The highest BCUT2D eigenvalue weighted by molar-refractivity contribution is 5.85. The van der Waals surface area contributed by atoms with E-state index in [4.69, 9.17) is 11.5 Å². The number of benzene rings is 1. The van der Waals surface area contributed by atoms with Crippen molar-refractivity contribution in [2.75, 3.05) is 13.1 Å². The van der Waals surface area contributed by atoms with Gasteiger partial charge in [0.15, 0.2) is 0 Å². The molecule has 1 aromatic rings. The summed E-state index contributed by atoms with van der Waals surface area (Å²) in [5, 5.41) is 2.71. The van der Waals surface area contributed by atoms with Crippen molar-refractivity contribution >= 4 is 24.3 Å². The Balaban J connectivity index is 0.00000312. The minimum absolute atomic E-state index is 0. The number of likely N-dealkylation sites (tertiary alicyclic amines) is 1. The van der Waals surface area contributed by atoms with E-state index < -0.39 is 12.1 Å². The second-order valence-corrected chi connectivity index (χ2v) is 6.73. The molecule has 0 saturated carbocycles. The molecule has 1 saturated heterocycles. The van der Waals surface area contributed by atoms with Gasteiger partial charge in [-0.2, -0.15) is 0 Å². The van der Waals surface area contributed by atoms with Crippen molar-refractivity contribution in [2.45, 2.75) is 45.2 Å². The van der Waals surface area contributed by atoms with E-state index in [0.717, 1.165) is 30.5 Å². The molecular formula is C18H29ClN4O2. The highest BCUT2D eigenvalue weighted by atomic mass is 35.5. The number of nitrogens with two attached hydrogens (primary N) is 2. The molecule has 0 radical (unpaired) electrons. The quantitative estimate of drug-likeness (QED) is 0.741. The van der Waals surface area contributed by atoms with Crippen molar-refractivity contribution in [3.63, 3.8) is 0 Å². The Morgan fingerprint density at radius 1 is 1.36 bits per heavy atom. The van der Waals surface area contributed by atoms with Crippen LogP contribution in [-0.2, 0) is 4.79 Å². The zero-order valence-corrected chi connectivity index (χ0v) is 15.7. The summed E-state index contributed by atoms with van der Waals surface area (Å²) >= 11 is 0. The van der Waals surface area contributed by atoms with Gasteiger partial charge < -0.3 is 21.7 Å². The maximum atomic E-state index is 12.8. The molecule has 0 aliphatic carbocycles. The Labute approximate surface area is 155 Å². The van der Waals surface area contributed by atoms with Crippen LogP contribution in [0.3, 0.4) is 0 Å². The van der Waals surface area contributed by atoms with Crippen molar-refractivity contribution in [3.8, 4) is 0 Å². The molecule has 1 aliphatic heterocycles. The minimum Gasteiger partial charge on any atom is -0.352 e. The number of hydrogen-bond donors (Lipinski definition) is 3. The third kappa shape index (κ3) is 5.61. The molecule has 3 amide bonds. The van der Waals surface area contributed by atoms with E-state index in [0.29, 0.717) is 12.5 Å². The first-order chi connectivity index (χ1) is 11.4. The normalized spacial score (nSPS) is 21.2. The lowest BCUT2D eigenvalue weighted by molar-refractivity contribution is -0.135. The van der Waals surface area contributed by atoms with Crippen LogP contribution in [0, 0.1) is 12.8 Å². The van der Waals surface area contributed by atoms with E-state index in [2.05, 4.69) is 12.2 Å². The maximum Gasteiger partial charge on any atom is 0.312 e. The SMILES string of the molecule is Cc1ccccc1C(CC(=O)N1CCC(C)CC1CN)NC(N)=O.Cl. The van der Waals surface area contributed by atoms with Gasteiger partial charge in [-0.25, -0.2) is 4.79 Å². The molecule has 1 aliphatic rings. The number of halogens is 1. The summed E-state index contributed by atoms with van der Waals surface area (Å²) in [6.45, 7) is 5.34. The summed E-state index contributed by atoms with van der Waals surface area (Å²) in [4.78, 5) is 26.1. The van der Waals surface area contributed by atoms with Gasteiger partial charge >= 0.3 is 6.03 Å². The number of carbonyl (C=O) groups is 2. The predicted molar refractivity (Wildman–Crippen MR) is 101 cm³/mol. The first-order valence-corrected chi connectivity index (χ1v) is 8.53. The van der Waals surface area contributed by atoms with Crippen molar-refractivity contribution in [1.82, 2.24) is 10.2 Å². The second-order valence-electron chi connectivity index (χ2n) is 6.73. The van der Waals surface area contributed by atoms with Gasteiger partial charge in [0, 0.05) is 19.1 Å². The van der Waals surface area contributed by atoms with Crippen molar-refractivity contribution in [1.29, 1.82) is 0 Å². The smallest absolute Gasteiger partial charge is 0.312 e. The van der Waals surface area contributed by atoms with Crippen molar-refractivity contribution in [3.05, 3.63) is 35.4 Å². The number of aryl methyl sites for hydroxylation is 1. The highest BCUT2D eigenvalue weighted by Crippen LogP contribution is 2.26. The van der Waals surface area contributed by atoms with Gasteiger partial charge in [0.2, 0.25) is 5.91 Å². The van der Waals surface area contributed by atoms with E-state index >= 15 is 0 Å². The summed E-state index contributed by atoms with van der Waals surface area (Å²) < 4.78 is 0. The molecule has 3 atom stereocenters. The van der Waals surface area contributed by atoms with Crippen LogP contribution in [0.2, 0.25) is 0 Å². The lowest BCUT2D eigenvalue weighted by atomic mass is 9.91. The van der Waals surface area contributed by atoms with Crippen LogP contribution in [0.4, 0.5) is 4.79 Å². The predicted octanol–water partition coefficient (Wildman–Crippen LogP) is 2.10. The van der Waals surface area contributed by atoms with E-state index in [1.54, 1.807) is 0 Å². The molecule has 5 N–H and O–H groups in total. The van der Waals surface area contributed by atoms with Gasteiger partial charge in [-0.15, -0.1) is 12.4 Å². The third-order valence-corrected chi connectivity index (χ3v) is 4.83. The van der Waals surface area contributed by atoms with Gasteiger partial charge in [-0.3, -0.25) is 4.79 Å². The topological polar surface area (TPSA) is 101 Å². The molecule has 1 heterocycles. The number of piperidine rings is 1. The summed E-state index contributed by atoms with van der Waals surface area (Å²) in [6, 6.07) is 6.73. The lowest BCUT2D eigenvalue weighted by Gasteiger charge is -2.38. The fraction of sp³-hybridized carbons (Fsp3) is 0.556. The number of urea groups is 1. The summed E-state index contributed by atoms with van der Waals surface area (Å²) in [7, 11) is 0. The van der Waals surface area contributed by atoms with E-state index in [9.17, 15) is 9.59 Å². The van der Waals surface area contributed by atoms with Crippen LogP contribution in [-0.4, -0.2) is 36.0 Å². The fourth-order valence-electron chi connectivity index (χ4n) is 3.48. The lowest BCUT2D eigenvalue weighted by Crippen LogP contribution is -2.50. The molecule has 3 unspecified atom stereocenters. The Morgan fingerprint density at radius 2 is 2.04 bits per heavy atom. The molecule has 25 heavy (non-hydrogen) atoms. The first-order valence-electron chi connectivity index (χ1n) is 8.53. The molecular weight excluding hydrogens is 340 g/mol. The molecule has 2 rings (SSSR count). The van der Waals surface area contributed by atoms with Gasteiger partial charge in [0.05, 0.1) is 12.5 Å². The monoisotopic (exact) mass is 368 g/mol. The van der Waals surface area contributed by atoms with Gasteiger partial charge in [0.1, 0.15) is 0 Å². The third-order valence-electron chi connectivity index (χ3n) is 4.83. The molecule has 1 fully saturated rings. The number of rotatable bonds is 5. The van der Waals surface area contributed by atoms with Crippen LogP contribution in [0.15, 0.2) is 24.3 Å². The zero-order valence-electron chi connectivity index (χ0n) is 14.9.